The van der Waals surface area contributed by atoms with Crippen molar-refractivity contribution in [1.29, 1.82) is 0 Å². The van der Waals surface area contributed by atoms with Gasteiger partial charge in [-0.2, -0.15) is 0 Å². The molecule has 1 saturated carbocycles. The van der Waals surface area contributed by atoms with Gasteiger partial charge in [0.05, 0.1) is 13.1 Å². The van der Waals surface area contributed by atoms with Crippen LogP contribution in [0.25, 0.3) is 0 Å². The predicted octanol–water partition coefficient (Wildman–Crippen LogP) is 2.83. The number of carbonyl (C=O) groups excluding carboxylic acids is 1. The zero-order chi connectivity index (χ0) is 19.9. The van der Waals surface area contributed by atoms with Crippen LogP contribution in [0.15, 0.2) is 30.3 Å². The summed E-state index contributed by atoms with van der Waals surface area (Å²) < 4.78 is 0. The average molecular weight is 388 g/mol. The van der Waals surface area contributed by atoms with Crippen molar-refractivity contribution in [2.75, 3.05) is 38.1 Å². The predicted molar refractivity (Wildman–Crippen MR) is 111 cm³/mol. The van der Waals surface area contributed by atoms with Crippen LogP contribution in [0, 0.1) is 0 Å². The van der Waals surface area contributed by atoms with Gasteiger partial charge >= 0.3 is 5.97 Å². The fourth-order valence-corrected chi connectivity index (χ4v) is 4.61. The molecule has 0 bridgehead atoms. The van der Waals surface area contributed by atoms with Gasteiger partial charge in [0.1, 0.15) is 0 Å². The summed E-state index contributed by atoms with van der Waals surface area (Å²) in [5.41, 5.74) is 1.01. The van der Waals surface area contributed by atoms with Gasteiger partial charge in [-0.1, -0.05) is 37.5 Å². The second-order valence-corrected chi connectivity index (χ2v) is 8.21. The van der Waals surface area contributed by atoms with Gasteiger partial charge in [-0.05, 0) is 44.9 Å². The normalized spacial score (nSPS) is 19.6. The minimum atomic E-state index is -0.786. The number of rotatable bonds is 7. The number of para-hydroxylation sites is 1. The topological polar surface area (TPSA) is 64.1 Å². The third kappa shape index (κ3) is 5.55. The van der Waals surface area contributed by atoms with E-state index in [9.17, 15) is 9.59 Å². The van der Waals surface area contributed by atoms with Crippen LogP contribution in [-0.4, -0.2) is 72.1 Å². The Bertz CT molecular complexity index is 638. The number of piperidine rings is 1. The number of nitrogens with zero attached hydrogens (tertiary/aromatic N) is 3. The summed E-state index contributed by atoms with van der Waals surface area (Å²) >= 11 is 0. The molecule has 1 saturated heterocycles. The van der Waals surface area contributed by atoms with Crippen LogP contribution in [0.3, 0.4) is 0 Å². The number of anilines is 1. The lowest BCUT2D eigenvalue weighted by Crippen LogP contribution is -2.50. The Balaban J connectivity index is 1.59. The van der Waals surface area contributed by atoms with E-state index in [1.54, 1.807) is 0 Å². The van der Waals surface area contributed by atoms with Crippen molar-refractivity contribution in [3.8, 4) is 0 Å². The van der Waals surface area contributed by atoms with Crippen molar-refractivity contribution < 1.29 is 14.7 Å². The number of hydrogen-bond acceptors (Lipinski definition) is 4. The molecular weight excluding hydrogens is 354 g/mol. The summed E-state index contributed by atoms with van der Waals surface area (Å²) in [5.74, 6) is -0.596. The summed E-state index contributed by atoms with van der Waals surface area (Å²) in [6.07, 6.45) is 7.65. The van der Waals surface area contributed by atoms with E-state index in [2.05, 4.69) is 4.90 Å². The molecule has 0 radical (unpaired) electrons. The molecule has 0 aromatic heterocycles. The summed E-state index contributed by atoms with van der Waals surface area (Å²) in [5, 5.41) is 8.98. The number of amides is 1. The maximum absolute atomic E-state index is 13.3. The van der Waals surface area contributed by atoms with Gasteiger partial charge in [0.2, 0.25) is 5.91 Å². The lowest BCUT2D eigenvalue weighted by atomic mass is 9.93. The monoisotopic (exact) mass is 387 g/mol. The van der Waals surface area contributed by atoms with Crippen molar-refractivity contribution in [3.63, 3.8) is 0 Å². The highest BCUT2D eigenvalue weighted by Gasteiger charge is 2.30. The van der Waals surface area contributed by atoms with Crippen molar-refractivity contribution >= 4 is 17.6 Å². The molecule has 1 aromatic rings. The number of likely N-dealkylation sites (tertiary alicyclic amines) is 1. The van der Waals surface area contributed by atoms with E-state index in [0.717, 1.165) is 44.5 Å². The Morgan fingerprint density at radius 1 is 1.00 bits per heavy atom. The fourth-order valence-electron chi connectivity index (χ4n) is 4.61. The van der Waals surface area contributed by atoms with Crippen LogP contribution >= 0.6 is 0 Å². The van der Waals surface area contributed by atoms with Crippen molar-refractivity contribution in [1.82, 2.24) is 9.80 Å². The first kappa shape index (κ1) is 20.8. The molecule has 2 fully saturated rings. The zero-order valence-electron chi connectivity index (χ0n) is 16.9. The summed E-state index contributed by atoms with van der Waals surface area (Å²) in [7, 11) is 1.87. The standard InChI is InChI=1S/C22H33N3O3/c1-23(17-22(27)28)18-12-14-24(15-13-18)16-21(26)25(19-8-4-2-5-9-19)20-10-6-3-7-11-20/h2,4-5,8-9,18,20H,3,6-7,10-17H2,1H3,(H,27,28). The van der Waals surface area contributed by atoms with Crippen LogP contribution in [-0.2, 0) is 9.59 Å². The van der Waals surface area contributed by atoms with Crippen LogP contribution in [0.4, 0.5) is 5.69 Å². The van der Waals surface area contributed by atoms with Gasteiger partial charge in [-0.25, -0.2) is 0 Å². The molecule has 6 heteroatoms. The van der Waals surface area contributed by atoms with E-state index in [4.69, 9.17) is 5.11 Å². The maximum Gasteiger partial charge on any atom is 0.317 e. The Labute approximate surface area is 168 Å². The van der Waals surface area contributed by atoms with E-state index in [1.165, 1.54) is 19.3 Å². The molecule has 1 aromatic carbocycles. The average Bonchev–Trinajstić information content (AvgIpc) is 2.70. The molecule has 1 aliphatic heterocycles. The van der Waals surface area contributed by atoms with Crippen molar-refractivity contribution in [2.24, 2.45) is 0 Å². The lowest BCUT2D eigenvalue weighted by molar-refractivity contribution is -0.138. The summed E-state index contributed by atoms with van der Waals surface area (Å²) in [6, 6.07) is 10.7. The number of carboxylic acids is 1. The summed E-state index contributed by atoms with van der Waals surface area (Å²) in [6.45, 7) is 2.20. The fraction of sp³-hybridized carbons (Fsp3) is 0.636. The van der Waals surface area contributed by atoms with Gasteiger partial charge in [-0.15, -0.1) is 0 Å². The quantitative estimate of drug-likeness (QED) is 0.779. The van der Waals surface area contributed by atoms with Crippen LogP contribution < -0.4 is 4.90 Å². The highest BCUT2D eigenvalue weighted by Crippen LogP contribution is 2.28. The van der Waals surface area contributed by atoms with Crippen LogP contribution in [0.5, 0.6) is 0 Å². The zero-order valence-corrected chi connectivity index (χ0v) is 16.9. The number of carboxylic acid groups (broad SMARTS) is 1. The Morgan fingerprint density at radius 2 is 1.64 bits per heavy atom. The Hall–Kier alpha value is -1.92. The van der Waals surface area contributed by atoms with E-state index in [0.29, 0.717) is 12.6 Å². The molecule has 0 spiro atoms. The molecule has 1 aliphatic carbocycles. The number of likely N-dealkylation sites (N-methyl/N-ethyl adjacent to an activating group) is 1. The molecule has 3 rings (SSSR count). The third-order valence-corrected chi connectivity index (χ3v) is 6.17. The van der Waals surface area contributed by atoms with E-state index in [-0.39, 0.29) is 18.5 Å². The molecule has 0 unspecified atom stereocenters. The smallest absolute Gasteiger partial charge is 0.317 e. The van der Waals surface area contributed by atoms with Gasteiger partial charge in [0, 0.05) is 30.9 Å². The van der Waals surface area contributed by atoms with Crippen molar-refractivity contribution in [3.05, 3.63) is 30.3 Å². The highest BCUT2D eigenvalue weighted by atomic mass is 16.4. The van der Waals surface area contributed by atoms with Gasteiger partial charge < -0.3 is 10.0 Å². The first-order valence-electron chi connectivity index (χ1n) is 10.6. The minimum absolute atomic E-state index is 0.0765. The maximum atomic E-state index is 13.3. The molecule has 2 aliphatic rings. The molecule has 154 valence electrons. The van der Waals surface area contributed by atoms with Crippen molar-refractivity contribution in [2.45, 2.75) is 57.0 Å². The van der Waals surface area contributed by atoms with Crippen LogP contribution in [0.1, 0.15) is 44.9 Å². The molecule has 0 atom stereocenters. The SMILES string of the molecule is CN(CC(=O)O)C1CCN(CC(=O)N(c2ccccc2)C2CCCCC2)CC1. The Morgan fingerprint density at radius 3 is 2.25 bits per heavy atom. The molecule has 1 N–H and O–H groups in total. The van der Waals surface area contributed by atoms with E-state index in [1.807, 2.05) is 47.2 Å². The lowest BCUT2D eigenvalue weighted by Gasteiger charge is -2.38. The van der Waals surface area contributed by atoms with E-state index >= 15 is 0 Å². The number of hydrogen-bond donors (Lipinski definition) is 1. The minimum Gasteiger partial charge on any atom is -0.480 e. The second-order valence-electron chi connectivity index (χ2n) is 8.21. The number of carbonyl (C=O) groups is 2. The third-order valence-electron chi connectivity index (χ3n) is 6.17. The molecule has 28 heavy (non-hydrogen) atoms. The molecular formula is C22H33N3O3. The molecule has 6 nitrogen and oxygen atoms in total. The molecule has 1 amide bonds. The van der Waals surface area contributed by atoms with Gasteiger partial charge in [-0.3, -0.25) is 19.4 Å². The molecule has 1 heterocycles. The van der Waals surface area contributed by atoms with Crippen LogP contribution in [0.2, 0.25) is 0 Å². The number of benzene rings is 1. The largest absolute Gasteiger partial charge is 0.480 e. The Kier molecular flexibility index (Phi) is 7.45. The first-order valence-corrected chi connectivity index (χ1v) is 10.6. The first-order chi connectivity index (χ1) is 13.5. The van der Waals surface area contributed by atoms with Gasteiger partial charge in [0.25, 0.3) is 0 Å². The summed E-state index contributed by atoms with van der Waals surface area (Å²) in [4.78, 5) is 30.4. The highest BCUT2D eigenvalue weighted by molar-refractivity contribution is 5.95. The van der Waals surface area contributed by atoms with E-state index < -0.39 is 5.97 Å². The number of aliphatic carboxylic acids is 1. The van der Waals surface area contributed by atoms with Gasteiger partial charge in [0.15, 0.2) is 0 Å². The second kappa shape index (κ2) is 10.0.